The third kappa shape index (κ3) is 3.98. The SMILES string of the molecule is Cc1cccc(NC(=O)c2cncc(Nc3cccc(C)c3)c2)c1. The smallest absolute Gasteiger partial charge is 0.257 e. The Hall–Kier alpha value is -3.14. The van der Waals surface area contributed by atoms with Crippen LogP contribution in [0.3, 0.4) is 0 Å². The zero-order chi connectivity index (χ0) is 16.9. The van der Waals surface area contributed by atoms with E-state index < -0.39 is 0 Å². The Morgan fingerprint density at radius 3 is 2.21 bits per heavy atom. The van der Waals surface area contributed by atoms with Crippen LogP contribution in [0.15, 0.2) is 67.0 Å². The number of carbonyl (C=O) groups is 1. The minimum Gasteiger partial charge on any atom is -0.354 e. The summed E-state index contributed by atoms with van der Waals surface area (Å²) in [6, 6.07) is 17.5. The summed E-state index contributed by atoms with van der Waals surface area (Å²) < 4.78 is 0. The number of anilines is 3. The van der Waals surface area contributed by atoms with E-state index in [0.29, 0.717) is 5.56 Å². The number of benzene rings is 2. The Labute approximate surface area is 141 Å². The molecule has 0 radical (unpaired) electrons. The molecule has 0 aliphatic heterocycles. The van der Waals surface area contributed by atoms with Gasteiger partial charge in [-0.25, -0.2) is 0 Å². The van der Waals surface area contributed by atoms with Crippen molar-refractivity contribution in [3.8, 4) is 0 Å². The van der Waals surface area contributed by atoms with Gasteiger partial charge in [-0.1, -0.05) is 24.3 Å². The maximum atomic E-state index is 12.4. The first kappa shape index (κ1) is 15.7. The molecule has 0 saturated heterocycles. The van der Waals surface area contributed by atoms with E-state index in [1.807, 2.05) is 62.4 Å². The molecule has 2 N–H and O–H groups in total. The van der Waals surface area contributed by atoms with Crippen LogP contribution in [-0.4, -0.2) is 10.9 Å². The molecule has 0 atom stereocenters. The van der Waals surface area contributed by atoms with E-state index in [2.05, 4.69) is 15.6 Å². The zero-order valence-corrected chi connectivity index (χ0v) is 13.7. The molecule has 1 aromatic heterocycles. The minimum atomic E-state index is -0.180. The Bertz CT molecular complexity index is 874. The number of hydrogen-bond acceptors (Lipinski definition) is 3. The number of nitrogens with zero attached hydrogens (tertiary/aromatic N) is 1. The van der Waals surface area contributed by atoms with Crippen LogP contribution in [-0.2, 0) is 0 Å². The summed E-state index contributed by atoms with van der Waals surface area (Å²) in [5.74, 6) is -0.180. The van der Waals surface area contributed by atoms with Crippen LogP contribution < -0.4 is 10.6 Å². The average molecular weight is 317 g/mol. The van der Waals surface area contributed by atoms with Gasteiger partial charge in [0.1, 0.15) is 0 Å². The lowest BCUT2D eigenvalue weighted by Gasteiger charge is -2.09. The van der Waals surface area contributed by atoms with Crippen LogP contribution in [0, 0.1) is 13.8 Å². The molecular weight excluding hydrogens is 298 g/mol. The van der Waals surface area contributed by atoms with Gasteiger partial charge in [-0.15, -0.1) is 0 Å². The van der Waals surface area contributed by atoms with Crippen LogP contribution in [0.5, 0.6) is 0 Å². The van der Waals surface area contributed by atoms with Gasteiger partial charge >= 0.3 is 0 Å². The summed E-state index contributed by atoms with van der Waals surface area (Å²) >= 11 is 0. The van der Waals surface area contributed by atoms with Crippen molar-refractivity contribution < 1.29 is 4.79 Å². The van der Waals surface area contributed by atoms with Crippen molar-refractivity contribution in [1.29, 1.82) is 0 Å². The van der Waals surface area contributed by atoms with E-state index in [4.69, 9.17) is 0 Å². The van der Waals surface area contributed by atoms with Gasteiger partial charge in [-0.05, 0) is 55.3 Å². The van der Waals surface area contributed by atoms with Crippen molar-refractivity contribution in [2.24, 2.45) is 0 Å². The first-order valence-corrected chi connectivity index (χ1v) is 7.77. The molecule has 3 aromatic rings. The van der Waals surface area contributed by atoms with Crippen molar-refractivity contribution >= 4 is 23.0 Å². The van der Waals surface area contributed by atoms with Crippen molar-refractivity contribution in [3.05, 3.63) is 83.7 Å². The lowest BCUT2D eigenvalue weighted by Crippen LogP contribution is -2.12. The molecule has 24 heavy (non-hydrogen) atoms. The summed E-state index contributed by atoms with van der Waals surface area (Å²) in [5, 5.41) is 6.16. The number of carbonyl (C=O) groups excluding carboxylic acids is 1. The highest BCUT2D eigenvalue weighted by molar-refractivity contribution is 6.04. The molecule has 4 nitrogen and oxygen atoms in total. The van der Waals surface area contributed by atoms with E-state index in [9.17, 15) is 4.79 Å². The van der Waals surface area contributed by atoms with E-state index >= 15 is 0 Å². The summed E-state index contributed by atoms with van der Waals surface area (Å²) in [7, 11) is 0. The number of rotatable bonds is 4. The fraction of sp³-hybridized carbons (Fsp3) is 0.100. The molecular formula is C20H19N3O. The molecule has 0 spiro atoms. The molecule has 3 rings (SSSR count). The van der Waals surface area contributed by atoms with Crippen LogP contribution in [0.25, 0.3) is 0 Å². The van der Waals surface area contributed by atoms with Crippen molar-refractivity contribution in [3.63, 3.8) is 0 Å². The van der Waals surface area contributed by atoms with Crippen molar-refractivity contribution in [2.45, 2.75) is 13.8 Å². The van der Waals surface area contributed by atoms with Gasteiger partial charge in [0.25, 0.3) is 5.91 Å². The Balaban J connectivity index is 1.76. The number of pyridine rings is 1. The predicted molar refractivity (Wildman–Crippen MR) is 97.8 cm³/mol. The minimum absolute atomic E-state index is 0.180. The fourth-order valence-electron chi connectivity index (χ4n) is 2.45. The molecule has 1 amide bonds. The summed E-state index contributed by atoms with van der Waals surface area (Å²) in [4.78, 5) is 16.6. The summed E-state index contributed by atoms with van der Waals surface area (Å²) in [6.07, 6.45) is 3.26. The standard InChI is InChI=1S/C20H19N3O/c1-14-5-3-7-17(9-14)22-19-11-16(12-21-13-19)20(24)23-18-8-4-6-15(2)10-18/h3-13,22H,1-2H3,(H,23,24). The molecule has 0 aliphatic rings. The largest absolute Gasteiger partial charge is 0.354 e. The maximum Gasteiger partial charge on any atom is 0.257 e. The monoisotopic (exact) mass is 317 g/mol. The molecule has 0 bridgehead atoms. The maximum absolute atomic E-state index is 12.4. The van der Waals surface area contributed by atoms with E-state index in [1.165, 1.54) is 5.56 Å². The Kier molecular flexibility index (Phi) is 4.57. The number of amides is 1. The van der Waals surface area contributed by atoms with Crippen LogP contribution >= 0.6 is 0 Å². The van der Waals surface area contributed by atoms with Crippen molar-refractivity contribution in [1.82, 2.24) is 4.98 Å². The predicted octanol–water partition coefficient (Wildman–Crippen LogP) is 4.69. The second-order valence-electron chi connectivity index (χ2n) is 5.78. The average Bonchev–Trinajstić information content (AvgIpc) is 2.55. The second kappa shape index (κ2) is 6.96. The fourth-order valence-corrected chi connectivity index (χ4v) is 2.45. The quantitative estimate of drug-likeness (QED) is 0.733. The Morgan fingerprint density at radius 2 is 1.50 bits per heavy atom. The first-order valence-electron chi connectivity index (χ1n) is 7.77. The highest BCUT2D eigenvalue weighted by Crippen LogP contribution is 2.18. The molecule has 1 heterocycles. The lowest BCUT2D eigenvalue weighted by molar-refractivity contribution is 0.102. The van der Waals surface area contributed by atoms with Gasteiger partial charge in [0.2, 0.25) is 0 Å². The van der Waals surface area contributed by atoms with Crippen LogP contribution in [0.4, 0.5) is 17.1 Å². The van der Waals surface area contributed by atoms with Gasteiger partial charge < -0.3 is 10.6 Å². The van der Waals surface area contributed by atoms with Crippen LogP contribution in [0.1, 0.15) is 21.5 Å². The third-order valence-electron chi connectivity index (χ3n) is 3.58. The van der Waals surface area contributed by atoms with E-state index in [-0.39, 0.29) is 5.91 Å². The summed E-state index contributed by atoms with van der Waals surface area (Å²) in [6.45, 7) is 4.03. The molecule has 4 heteroatoms. The van der Waals surface area contributed by atoms with Gasteiger partial charge in [-0.2, -0.15) is 0 Å². The van der Waals surface area contributed by atoms with E-state index in [0.717, 1.165) is 22.6 Å². The molecule has 0 saturated carbocycles. The first-order chi connectivity index (χ1) is 11.6. The second-order valence-corrected chi connectivity index (χ2v) is 5.78. The molecule has 2 aromatic carbocycles. The summed E-state index contributed by atoms with van der Waals surface area (Å²) in [5.41, 5.74) is 5.29. The van der Waals surface area contributed by atoms with Gasteiger partial charge in [-0.3, -0.25) is 9.78 Å². The lowest BCUT2D eigenvalue weighted by atomic mass is 10.2. The van der Waals surface area contributed by atoms with Gasteiger partial charge in [0, 0.05) is 17.6 Å². The van der Waals surface area contributed by atoms with Crippen LogP contribution in [0.2, 0.25) is 0 Å². The number of nitrogens with one attached hydrogen (secondary N) is 2. The zero-order valence-electron chi connectivity index (χ0n) is 13.7. The van der Waals surface area contributed by atoms with Gasteiger partial charge in [0.05, 0.1) is 17.4 Å². The van der Waals surface area contributed by atoms with Crippen molar-refractivity contribution in [2.75, 3.05) is 10.6 Å². The normalized spacial score (nSPS) is 10.2. The topological polar surface area (TPSA) is 54.0 Å². The number of hydrogen-bond donors (Lipinski definition) is 2. The van der Waals surface area contributed by atoms with Gasteiger partial charge in [0.15, 0.2) is 0 Å². The third-order valence-corrected chi connectivity index (χ3v) is 3.58. The highest BCUT2D eigenvalue weighted by Gasteiger charge is 2.08. The molecule has 0 fully saturated rings. The highest BCUT2D eigenvalue weighted by atomic mass is 16.1. The van der Waals surface area contributed by atoms with E-state index in [1.54, 1.807) is 18.5 Å². The Morgan fingerprint density at radius 1 is 0.833 bits per heavy atom. The number of aromatic nitrogens is 1. The molecule has 120 valence electrons. The number of aryl methyl sites for hydroxylation is 2. The molecule has 0 unspecified atom stereocenters. The molecule has 0 aliphatic carbocycles.